The number of methoxy groups -OCH3 is 1. The molecule has 5 heteroatoms. The molecule has 1 heterocycles. The largest absolute Gasteiger partial charge is 0.496 e. The fraction of sp³-hybridized carbons (Fsp3) is 0.556. The lowest BCUT2D eigenvalue weighted by Gasteiger charge is -2.33. The SMILES string of the molecule is COc1ccccc1C(=O)N1CCC[C@@H](CNC(=O)C(C)C)C1. The van der Waals surface area contributed by atoms with Crippen LogP contribution in [0.2, 0.25) is 0 Å². The average molecular weight is 318 g/mol. The molecule has 0 aliphatic carbocycles. The maximum absolute atomic E-state index is 12.7. The lowest BCUT2D eigenvalue weighted by molar-refractivity contribution is -0.124. The van der Waals surface area contributed by atoms with Crippen molar-refractivity contribution in [2.75, 3.05) is 26.7 Å². The summed E-state index contributed by atoms with van der Waals surface area (Å²) < 4.78 is 5.28. The van der Waals surface area contributed by atoms with Crippen LogP contribution in [0.3, 0.4) is 0 Å². The summed E-state index contributed by atoms with van der Waals surface area (Å²) in [6.45, 7) is 5.83. The van der Waals surface area contributed by atoms with Crippen LogP contribution in [0.25, 0.3) is 0 Å². The van der Waals surface area contributed by atoms with Crippen LogP contribution in [0, 0.1) is 11.8 Å². The number of para-hydroxylation sites is 1. The Bertz CT molecular complexity index is 557. The molecule has 1 aromatic rings. The fourth-order valence-electron chi connectivity index (χ4n) is 2.86. The van der Waals surface area contributed by atoms with Crippen LogP contribution in [0.1, 0.15) is 37.0 Å². The van der Waals surface area contributed by atoms with E-state index in [0.29, 0.717) is 30.3 Å². The summed E-state index contributed by atoms with van der Waals surface area (Å²) in [6.07, 6.45) is 2.00. The number of hydrogen-bond acceptors (Lipinski definition) is 3. The van der Waals surface area contributed by atoms with E-state index in [-0.39, 0.29) is 17.7 Å². The molecule has 0 radical (unpaired) electrons. The molecular weight excluding hydrogens is 292 g/mol. The second-order valence-corrected chi connectivity index (χ2v) is 6.36. The summed E-state index contributed by atoms with van der Waals surface area (Å²) >= 11 is 0. The topological polar surface area (TPSA) is 58.6 Å². The van der Waals surface area contributed by atoms with E-state index in [1.165, 1.54) is 0 Å². The van der Waals surface area contributed by atoms with Crippen molar-refractivity contribution >= 4 is 11.8 Å². The van der Waals surface area contributed by atoms with Crippen molar-refractivity contribution in [2.24, 2.45) is 11.8 Å². The van der Waals surface area contributed by atoms with Gasteiger partial charge >= 0.3 is 0 Å². The third-order valence-electron chi connectivity index (χ3n) is 4.23. The first kappa shape index (κ1) is 17.3. The molecule has 0 spiro atoms. The van der Waals surface area contributed by atoms with Gasteiger partial charge in [-0.1, -0.05) is 26.0 Å². The monoisotopic (exact) mass is 318 g/mol. The van der Waals surface area contributed by atoms with E-state index in [0.717, 1.165) is 19.4 Å². The Morgan fingerprint density at radius 2 is 2.09 bits per heavy atom. The number of piperidine rings is 1. The number of benzene rings is 1. The molecule has 1 fully saturated rings. The number of rotatable bonds is 5. The molecule has 1 N–H and O–H groups in total. The smallest absolute Gasteiger partial charge is 0.257 e. The van der Waals surface area contributed by atoms with Gasteiger partial charge in [0, 0.05) is 25.6 Å². The Morgan fingerprint density at radius 1 is 1.35 bits per heavy atom. The molecule has 2 amide bonds. The normalized spacial score (nSPS) is 17.9. The van der Waals surface area contributed by atoms with Gasteiger partial charge in [0.15, 0.2) is 0 Å². The molecule has 5 nitrogen and oxygen atoms in total. The van der Waals surface area contributed by atoms with Gasteiger partial charge in [-0.2, -0.15) is 0 Å². The first-order valence-electron chi connectivity index (χ1n) is 8.23. The zero-order valence-corrected chi connectivity index (χ0v) is 14.2. The number of nitrogens with one attached hydrogen (secondary N) is 1. The number of hydrogen-bond donors (Lipinski definition) is 1. The third-order valence-corrected chi connectivity index (χ3v) is 4.23. The highest BCUT2D eigenvalue weighted by molar-refractivity contribution is 5.97. The summed E-state index contributed by atoms with van der Waals surface area (Å²) in [5.74, 6) is 0.975. The van der Waals surface area contributed by atoms with Gasteiger partial charge in [0.1, 0.15) is 5.75 Å². The lowest BCUT2D eigenvalue weighted by atomic mass is 9.97. The molecule has 1 aliphatic heterocycles. The molecule has 0 aromatic heterocycles. The van der Waals surface area contributed by atoms with Crippen LogP contribution >= 0.6 is 0 Å². The minimum Gasteiger partial charge on any atom is -0.496 e. The van der Waals surface area contributed by atoms with Crippen LogP contribution in [-0.4, -0.2) is 43.5 Å². The van der Waals surface area contributed by atoms with Gasteiger partial charge in [-0.3, -0.25) is 9.59 Å². The Balaban J connectivity index is 1.97. The average Bonchev–Trinajstić information content (AvgIpc) is 2.59. The van der Waals surface area contributed by atoms with E-state index in [9.17, 15) is 9.59 Å². The third kappa shape index (κ3) is 4.47. The predicted octanol–water partition coefficient (Wildman–Crippen LogP) is 2.32. The second kappa shape index (κ2) is 7.99. The highest BCUT2D eigenvalue weighted by Crippen LogP contribution is 2.23. The van der Waals surface area contributed by atoms with Crippen molar-refractivity contribution in [3.63, 3.8) is 0 Å². The van der Waals surface area contributed by atoms with E-state index in [1.54, 1.807) is 19.2 Å². The van der Waals surface area contributed by atoms with Gasteiger partial charge in [0.25, 0.3) is 5.91 Å². The standard InChI is InChI=1S/C18H26N2O3/c1-13(2)17(21)19-11-14-7-6-10-20(12-14)18(22)15-8-4-5-9-16(15)23-3/h4-5,8-9,13-14H,6-7,10-12H2,1-3H3,(H,19,21)/t14-/m0/s1. The van der Waals surface area contributed by atoms with Crippen LogP contribution in [0.15, 0.2) is 24.3 Å². The summed E-state index contributed by atoms with van der Waals surface area (Å²) in [5.41, 5.74) is 0.599. The van der Waals surface area contributed by atoms with Crippen molar-refractivity contribution in [3.8, 4) is 5.75 Å². The highest BCUT2D eigenvalue weighted by Gasteiger charge is 2.26. The van der Waals surface area contributed by atoms with Gasteiger partial charge in [0.05, 0.1) is 12.7 Å². The Labute approximate surface area is 138 Å². The summed E-state index contributed by atoms with van der Waals surface area (Å²) in [7, 11) is 1.58. The summed E-state index contributed by atoms with van der Waals surface area (Å²) in [4.78, 5) is 26.3. The number of ether oxygens (including phenoxy) is 1. The molecule has 1 saturated heterocycles. The molecular formula is C18H26N2O3. The minimum absolute atomic E-state index is 0.00216. The van der Waals surface area contributed by atoms with E-state index in [1.807, 2.05) is 30.9 Å². The maximum Gasteiger partial charge on any atom is 0.257 e. The van der Waals surface area contributed by atoms with E-state index in [2.05, 4.69) is 5.32 Å². The Hall–Kier alpha value is -2.04. The summed E-state index contributed by atoms with van der Waals surface area (Å²) in [6, 6.07) is 7.30. The predicted molar refractivity (Wildman–Crippen MR) is 89.5 cm³/mol. The fourth-order valence-corrected chi connectivity index (χ4v) is 2.86. The Morgan fingerprint density at radius 3 is 2.78 bits per heavy atom. The zero-order chi connectivity index (χ0) is 16.8. The molecule has 23 heavy (non-hydrogen) atoms. The van der Waals surface area contributed by atoms with Crippen molar-refractivity contribution in [1.82, 2.24) is 10.2 Å². The van der Waals surface area contributed by atoms with Crippen LogP contribution < -0.4 is 10.1 Å². The van der Waals surface area contributed by atoms with E-state index >= 15 is 0 Å². The molecule has 1 aromatic carbocycles. The van der Waals surface area contributed by atoms with Crippen LogP contribution in [-0.2, 0) is 4.79 Å². The maximum atomic E-state index is 12.7. The van der Waals surface area contributed by atoms with Crippen LogP contribution in [0.4, 0.5) is 0 Å². The quantitative estimate of drug-likeness (QED) is 0.906. The molecule has 126 valence electrons. The van der Waals surface area contributed by atoms with E-state index < -0.39 is 0 Å². The lowest BCUT2D eigenvalue weighted by Crippen LogP contribution is -2.44. The molecule has 0 unspecified atom stereocenters. The van der Waals surface area contributed by atoms with Gasteiger partial charge in [-0.25, -0.2) is 0 Å². The Kier molecular flexibility index (Phi) is 6.02. The number of likely N-dealkylation sites (tertiary alicyclic amines) is 1. The van der Waals surface area contributed by atoms with Crippen molar-refractivity contribution in [1.29, 1.82) is 0 Å². The summed E-state index contributed by atoms with van der Waals surface area (Å²) in [5, 5.41) is 2.97. The highest BCUT2D eigenvalue weighted by atomic mass is 16.5. The van der Waals surface area contributed by atoms with Crippen LogP contribution in [0.5, 0.6) is 5.75 Å². The zero-order valence-electron chi connectivity index (χ0n) is 14.2. The van der Waals surface area contributed by atoms with Gasteiger partial charge in [-0.05, 0) is 30.9 Å². The number of carbonyl (C=O) groups is 2. The molecule has 0 saturated carbocycles. The number of amides is 2. The second-order valence-electron chi connectivity index (χ2n) is 6.36. The molecule has 2 rings (SSSR count). The first-order valence-corrected chi connectivity index (χ1v) is 8.23. The molecule has 1 aliphatic rings. The van der Waals surface area contributed by atoms with E-state index in [4.69, 9.17) is 4.74 Å². The molecule has 0 bridgehead atoms. The van der Waals surface area contributed by atoms with Gasteiger partial charge in [-0.15, -0.1) is 0 Å². The number of nitrogens with zero attached hydrogens (tertiary/aromatic N) is 1. The van der Waals surface area contributed by atoms with Crippen molar-refractivity contribution in [3.05, 3.63) is 29.8 Å². The van der Waals surface area contributed by atoms with Gasteiger partial charge < -0.3 is 15.0 Å². The van der Waals surface area contributed by atoms with Gasteiger partial charge in [0.2, 0.25) is 5.91 Å². The number of carbonyl (C=O) groups excluding carboxylic acids is 2. The van der Waals surface area contributed by atoms with Crippen molar-refractivity contribution < 1.29 is 14.3 Å². The molecule has 1 atom stereocenters. The minimum atomic E-state index is -0.00935. The van der Waals surface area contributed by atoms with Crippen molar-refractivity contribution in [2.45, 2.75) is 26.7 Å². The first-order chi connectivity index (χ1) is 11.0.